The largest absolute Gasteiger partial charge is 0.396 e. The highest BCUT2D eigenvalue weighted by Gasteiger charge is 2.01. The van der Waals surface area contributed by atoms with Crippen LogP contribution in [-0.2, 0) is 6.54 Å². The summed E-state index contributed by atoms with van der Waals surface area (Å²) in [6, 6.07) is 2.49. The molecule has 0 saturated carbocycles. The third-order valence-electron chi connectivity index (χ3n) is 1.81. The van der Waals surface area contributed by atoms with E-state index in [9.17, 15) is 0 Å². The lowest BCUT2D eigenvalue weighted by atomic mass is 10.2. The standard InChI is InChI=1S/C9H14BrNOS/c1-7(2-3-12)11-5-9-4-8(10)6-13-9/h4,6-7,11-12H,2-3,5H2,1H3. The Kier molecular flexibility index (Phi) is 4.94. The normalized spacial score (nSPS) is 13.2. The minimum absolute atomic E-state index is 0.252. The van der Waals surface area contributed by atoms with Crippen molar-refractivity contribution in [3.8, 4) is 0 Å². The first-order valence-corrected chi connectivity index (χ1v) is 5.97. The second-order valence-corrected chi connectivity index (χ2v) is 4.94. The van der Waals surface area contributed by atoms with Gasteiger partial charge in [0.05, 0.1) is 0 Å². The van der Waals surface area contributed by atoms with Crippen LogP contribution >= 0.6 is 27.3 Å². The molecule has 1 atom stereocenters. The van der Waals surface area contributed by atoms with Gasteiger partial charge in [0.15, 0.2) is 0 Å². The maximum Gasteiger partial charge on any atom is 0.0445 e. The van der Waals surface area contributed by atoms with Gasteiger partial charge >= 0.3 is 0 Å². The van der Waals surface area contributed by atoms with E-state index in [-0.39, 0.29) is 6.61 Å². The quantitative estimate of drug-likeness (QED) is 0.855. The van der Waals surface area contributed by atoms with E-state index in [1.165, 1.54) is 4.88 Å². The van der Waals surface area contributed by atoms with Gasteiger partial charge in [-0.2, -0.15) is 0 Å². The molecule has 1 heterocycles. The zero-order chi connectivity index (χ0) is 9.68. The van der Waals surface area contributed by atoms with Crippen LogP contribution in [0.15, 0.2) is 15.9 Å². The molecule has 13 heavy (non-hydrogen) atoms. The van der Waals surface area contributed by atoms with Gasteiger partial charge in [-0.1, -0.05) is 0 Å². The molecule has 0 bridgehead atoms. The fourth-order valence-electron chi connectivity index (χ4n) is 1.02. The molecule has 2 nitrogen and oxygen atoms in total. The van der Waals surface area contributed by atoms with Crippen molar-refractivity contribution in [2.75, 3.05) is 6.61 Å². The predicted octanol–water partition coefficient (Wildman–Crippen LogP) is 2.37. The molecule has 0 aliphatic carbocycles. The van der Waals surface area contributed by atoms with Crippen molar-refractivity contribution in [2.24, 2.45) is 0 Å². The number of rotatable bonds is 5. The molecular formula is C9H14BrNOS. The van der Waals surface area contributed by atoms with E-state index in [0.29, 0.717) is 6.04 Å². The minimum Gasteiger partial charge on any atom is -0.396 e. The van der Waals surface area contributed by atoms with Gasteiger partial charge in [0.2, 0.25) is 0 Å². The van der Waals surface area contributed by atoms with Crippen molar-refractivity contribution in [3.05, 3.63) is 20.8 Å². The summed E-state index contributed by atoms with van der Waals surface area (Å²) < 4.78 is 1.14. The van der Waals surface area contributed by atoms with Crippen LogP contribution in [0, 0.1) is 0 Å². The third kappa shape index (κ3) is 4.22. The molecule has 0 spiro atoms. The zero-order valence-electron chi connectivity index (χ0n) is 7.59. The van der Waals surface area contributed by atoms with E-state index < -0.39 is 0 Å². The maximum absolute atomic E-state index is 8.69. The summed E-state index contributed by atoms with van der Waals surface area (Å²) in [5.41, 5.74) is 0. The van der Waals surface area contributed by atoms with Crippen LogP contribution in [-0.4, -0.2) is 17.8 Å². The summed E-state index contributed by atoms with van der Waals surface area (Å²) in [5.74, 6) is 0. The Morgan fingerprint density at radius 2 is 2.46 bits per heavy atom. The van der Waals surface area contributed by atoms with Gasteiger partial charge in [0.25, 0.3) is 0 Å². The zero-order valence-corrected chi connectivity index (χ0v) is 9.99. The average molecular weight is 264 g/mol. The highest BCUT2D eigenvalue weighted by molar-refractivity contribution is 9.10. The fraction of sp³-hybridized carbons (Fsp3) is 0.556. The lowest BCUT2D eigenvalue weighted by molar-refractivity contribution is 0.269. The van der Waals surface area contributed by atoms with Gasteiger partial charge in [0, 0.05) is 33.9 Å². The summed E-state index contributed by atoms with van der Waals surface area (Å²) in [6.45, 7) is 3.22. The number of hydrogen-bond acceptors (Lipinski definition) is 3. The van der Waals surface area contributed by atoms with E-state index in [1.807, 2.05) is 0 Å². The predicted molar refractivity (Wildman–Crippen MR) is 60.0 cm³/mol. The Bertz CT molecular complexity index is 252. The van der Waals surface area contributed by atoms with Crippen molar-refractivity contribution in [2.45, 2.75) is 25.9 Å². The van der Waals surface area contributed by atoms with E-state index in [0.717, 1.165) is 17.4 Å². The molecule has 0 amide bonds. The van der Waals surface area contributed by atoms with Crippen LogP contribution in [0.2, 0.25) is 0 Å². The SMILES string of the molecule is CC(CCO)NCc1cc(Br)cs1. The van der Waals surface area contributed by atoms with E-state index in [1.54, 1.807) is 11.3 Å². The van der Waals surface area contributed by atoms with Crippen LogP contribution in [0.5, 0.6) is 0 Å². The van der Waals surface area contributed by atoms with Crippen molar-refractivity contribution in [1.82, 2.24) is 5.32 Å². The molecule has 0 aliphatic rings. The molecule has 1 aromatic heterocycles. The van der Waals surface area contributed by atoms with Gasteiger partial charge in [-0.25, -0.2) is 0 Å². The van der Waals surface area contributed by atoms with E-state index in [2.05, 4.69) is 39.6 Å². The number of aliphatic hydroxyl groups is 1. The van der Waals surface area contributed by atoms with Gasteiger partial charge in [0.1, 0.15) is 0 Å². The molecule has 4 heteroatoms. The van der Waals surface area contributed by atoms with Crippen molar-refractivity contribution >= 4 is 27.3 Å². The molecule has 0 aliphatic heterocycles. The Balaban J connectivity index is 2.26. The van der Waals surface area contributed by atoms with Gasteiger partial charge in [-0.05, 0) is 35.3 Å². The van der Waals surface area contributed by atoms with Crippen LogP contribution in [0.3, 0.4) is 0 Å². The van der Waals surface area contributed by atoms with Crippen LogP contribution in [0.4, 0.5) is 0 Å². The highest BCUT2D eigenvalue weighted by atomic mass is 79.9. The first-order valence-electron chi connectivity index (χ1n) is 4.29. The maximum atomic E-state index is 8.69. The number of nitrogens with one attached hydrogen (secondary N) is 1. The van der Waals surface area contributed by atoms with E-state index >= 15 is 0 Å². The first kappa shape index (κ1) is 11.2. The summed E-state index contributed by atoms with van der Waals surface area (Å²) in [4.78, 5) is 1.32. The molecular weight excluding hydrogens is 250 g/mol. The molecule has 1 unspecified atom stereocenters. The molecule has 1 aromatic rings. The van der Waals surface area contributed by atoms with Gasteiger partial charge < -0.3 is 10.4 Å². The van der Waals surface area contributed by atoms with Crippen molar-refractivity contribution in [3.63, 3.8) is 0 Å². The second kappa shape index (κ2) is 5.75. The van der Waals surface area contributed by atoms with E-state index in [4.69, 9.17) is 5.11 Å². The Hall–Kier alpha value is 0.1000. The Morgan fingerprint density at radius 3 is 3.00 bits per heavy atom. The number of hydrogen-bond donors (Lipinski definition) is 2. The van der Waals surface area contributed by atoms with Crippen LogP contribution in [0.1, 0.15) is 18.2 Å². The van der Waals surface area contributed by atoms with Crippen LogP contribution < -0.4 is 5.32 Å². The monoisotopic (exact) mass is 263 g/mol. The molecule has 0 saturated heterocycles. The summed E-state index contributed by atoms with van der Waals surface area (Å²) in [6.07, 6.45) is 0.812. The molecule has 2 N–H and O–H groups in total. The fourth-order valence-corrected chi connectivity index (χ4v) is 2.42. The van der Waals surface area contributed by atoms with Gasteiger partial charge in [-0.15, -0.1) is 11.3 Å². The smallest absolute Gasteiger partial charge is 0.0445 e. The number of halogens is 1. The minimum atomic E-state index is 0.252. The number of thiophene rings is 1. The molecule has 1 rings (SSSR count). The first-order chi connectivity index (χ1) is 6.22. The van der Waals surface area contributed by atoms with Gasteiger partial charge in [-0.3, -0.25) is 0 Å². The highest BCUT2D eigenvalue weighted by Crippen LogP contribution is 2.19. The molecule has 0 aromatic carbocycles. The summed E-state index contributed by atoms with van der Waals surface area (Å²) >= 11 is 5.15. The molecule has 0 radical (unpaired) electrons. The van der Waals surface area contributed by atoms with Crippen molar-refractivity contribution < 1.29 is 5.11 Å². The number of aliphatic hydroxyl groups excluding tert-OH is 1. The Labute approximate surface area is 91.1 Å². The topological polar surface area (TPSA) is 32.3 Å². The average Bonchev–Trinajstić information content (AvgIpc) is 2.49. The lowest BCUT2D eigenvalue weighted by Crippen LogP contribution is -2.25. The van der Waals surface area contributed by atoms with Crippen molar-refractivity contribution in [1.29, 1.82) is 0 Å². The third-order valence-corrected chi connectivity index (χ3v) is 3.51. The molecule has 0 fully saturated rings. The molecule has 74 valence electrons. The summed E-state index contributed by atoms with van der Waals surface area (Å²) in [5, 5.41) is 14.1. The summed E-state index contributed by atoms with van der Waals surface area (Å²) in [7, 11) is 0. The van der Waals surface area contributed by atoms with Crippen LogP contribution in [0.25, 0.3) is 0 Å². The Morgan fingerprint density at radius 1 is 1.69 bits per heavy atom. The second-order valence-electron chi connectivity index (χ2n) is 3.03. The lowest BCUT2D eigenvalue weighted by Gasteiger charge is -2.10.